The molecule has 0 aliphatic carbocycles. The normalized spacial score (nSPS) is 13.6. The van der Waals surface area contributed by atoms with Crippen molar-refractivity contribution in [1.82, 2.24) is 0 Å². The summed E-state index contributed by atoms with van der Waals surface area (Å²) in [6, 6.07) is 14.8. The highest BCUT2D eigenvalue weighted by Gasteiger charge is 2.26. The molecule has 0 saturated heterocycles. The highest BCUT2D eigenvalue weighted by atomic mass is 15.2. The minimum atomic E-state index is 0.0997. The third kappa shape index (κ3) is 6.18. The first kappa shape index (κ1) is 26.5. The third-order valence-electron chi connectivity index (χ3n) is 6.37. The lowest BCUT2D eigenvalue weighted by Crippen LogP contribution is -2.28. The van der Waals surface area contributed by atoms with Crippen LogP contribution in [-0.4, -0.2) is 6.04 Å². The van der Waals surface area contributed by atoms with E-state index in [-0.39, 0.29) is 21.7 Å². The maximum absolute atomic E-state index is 2.54. The van der Waals surface area contributed by atoms with E-state index < -0.39 is 0 Å². The van der Waals surface area contributed by atoms with Gasteiger partial charge in [-0.15, -0.1) is 0 Å². The fourth-order valence-electron chi connectivity index (χ4n) is 3.98. The summed E-state index contributed by atoms with van der Waals surface area (Å²) in [6.45, 7) is 32.4. The molecule has 0 saturated carbocycles. The summed E-state index contributed by atoms with van der Waals surface area (Å²) < 4.78 is 0. The van der Waals surface area contributed by atoms with Crippen LogP contribution in [0.25, 0.3) is 0 Å². The average molecular weight is 436 g/mol. The molecule has 32 heavy (non-hydrogen) atoms. The Morgan fingerprint density at radius 3 is 0.812 bits per heavy atom. The van der Waals surface area contributed by atoms with Crippen LogP contribution in [0.15, 0.2) is 36.4 Å². The van der Waals surface area contributed by atoms with Crippen molar-refractivity contribution in [3.63, 3.8) is 0 Å². The van der Waals surface area contributed by atoms with Gasteiger partial charge in [0.15, 0.2) is 0 Å². The van der Waals surface area contributed by atoms with Gasteiger partial charge < -0.3 is 4.90 Å². The molecular weight excluding hydrogens is 386 g/mol. The van der Waals surface area contributed by atoms with Crippen LogP contribution in [0.1, 0.15) is 119 Å². The van der Waals surface area contributed by atoms with Gasteiger partial charge >= 0.3 is 0 Å². The van der Waals surface area contributed by atoms with E-state index in [1.54, 1.807) is 0 Å². The van der Waals surface area contributed by atoms with Crippen LogP contribution in [0.5, 0.6) is 0 Å². The molecule has 0 amide bonds. The Morgan fingerprint density at radius 2 is 0.656 bits per heavy atom. The molecule has 178 valence electrons. The Balaban J connectivity index is 2.86. The van der Waals surface area contributed by atoms with E-state index in [2.05, 4.69) is 138 Å². The van der Waals surface area contributed by atoms with Crippen molar-refractivity contribution in [3.8, 4) is 0 Å². The van der Waals surface area contributed by atoms with Crippen LogP contribution in [0.3, 0.4) is 0 Å². The van der Waals surface area contributed by atoms with E-state index in [1.165, 1.54) is 33.6 Å². The van der Waals surface area contributed by atoms with Gasteiger partial charge in [-0.05, 0) is 82.0 Å². The second-order valence-electron chi connectivity index (χ2n) is 14.0. The van der Waals surface area contributed by atoms with E-state index in [0.29, 0.717) is 6.04 Å². The summed E-state index contributed by atoms with van der Waals surface area (Å²) in [5.41, 5.74) is 8.58. The Labute approximate surface area is 199 Å². The van der Waals surface area contributed by atoms with Crippen LogP contribution < -0.4 is 4.90 Å². The molecule has 0 radical (unpaired) electrons. The minimum Gasteiger partial charge on any atom is -0.339 e. The van der Waals surface area contributed by atoms with Crippen molar-refractivity contribution in [2.75, 3.05) is 4.90 Å². The van der Waals surface area contributed by atoms with E-state index in [1.807, 2.05) is 0 Å². The summed E-state index contributed by atoms with van der Waals surface area (Å²) in [5.74, 6) is 0. The van der Waals surface area contributed by atoms with Crippen LogP contribution in [0.4, 0.5) is 11.4 Å². The molecule has 0 aliphatic rings. The van der Waals surface area contributed by atoms with Crippen molar-refractivity contribution in [1.29, 1.82) is 0 Å². The first-order chi connectivity index (χ1) is 14.2. The first-order valence-electron chi connectivity index (χ1n) is 12.3. The molecule has 0 aliphatic heterocycles. The molecule has 1 nitrogen and oxygen atoms in total. The lowest BCUT2D eigenvalue weighted by atomic mass is 9.79. The van der Waals surface area contributed by atoms with Gasteiger partial charge in [0.05, 0.1) is 0 Å². The van der Waals surface area contributed by atoms with Crippen molar-refractivity contribution in [2.24, 2.45) is 0 Å². The zero-order chi connectivity index (χ0) is 24.9. The van der Waals surface area contributed by atoms with E-state index in [9.17, 15) is 0 Å². The predicted octanol–water partition coefficient (Wildman–Crippen LogP) is 9.42. The number of hydrogen-bond acceptors (Lipinski definition) is 1. The smallest absolute Gasteiger partial charge is 0.0419 e. The molecule has 1 heteroatoms. The second-order valence-corrected chi connectivity index (χ2v) is 14.0. The van der Waals surface area contributed by atoms with Crippen LogP contribution >= 0.6 is 0 Å². The van der Waals surface area contributed by atoms with Crippen molar-refractivity contribution in [2.45, 2.75) is 125 Å². The van der Waals surface area contributed by atoms with E-state index in [4.69, 9.17) is 0 Å². The maximum atomic E-state index is 2.54. The highest BCUT2D eigenvalue weighted by Crippen LogP contribution is 2.40. The molecule has 0 atom stereocenters. The standard InChI is InChI=1S/C31H49N/c1-21(2)32(26-17-22(28(3,4)5)15-23(18-26)29(6,7)8)27-19-24(30(9,10)11)16-25(20-27)31(12,13)14/h15-21H,1-14H3. The van der Waals surface area contributed by atoms with E-state index >= 15 is 0 Å². The Kier molecular flexibility index (Phi) is 7.07. The number of benzene rings is 2. The second kappa shape index (κ2) is 8.54. The van der Waals surface area contributed by atoms with Gasteiger partial charge in [0.1, 0.15) is 0 Å². The zero-order valence-electron chi connectivity index (χ0n) is 23.5. The highest BCUT2D eigenvalue weighted by molar-refractivity contribution is 5.68. The van der Waals surface area contributed by atoms with Gasteiger partial charge in [-0.3, -0.25) is 0 Å². The van der Waals surface area contributed by atoms with Crippen molar-refractivity contribution >= 4 is 11.4 Å². The third-order valence-corrected chi connectivity index (χ3v) is 6.37. The number of anilines is 2. The van der Waals surface area contributed by atoms with Crippen molar-refractivity contribution in [3.05, 3.63) is 58.7 Å². The Bertz CT molecular complexity index is 794. The van der Waals surface area contributed by atoms with E-state index in [0.717, 1.165) is 0 Å². The molecule has 2 aromatic rings. The number of nitrogens with zero attached hydrogens (tertiary/aromatic N) is 1. The molecule has 0 unspecified atom stereocenters. The van der Waals surface area contributed by atoms with Gasteiger partial charge in [-0.2, -0.15) is 0 Å². The van der Waals surface area contributed by atoms with Gasteiger partial charge in [0.2, 0.25) is 0 Å². The molecule has 0 fully saturated rings. The zero-order valence-corrected chi connectivity index (χ0v) is 23.5. The van der Waals surface area contributed by atoms with Gasteiger partial charge in [0, 0.05) is 17.4 Å². The van der Waals surface area contributed by atoms with Gasteiger partial charge in [0.25, 0.3) is 0 Å². The molecular formula is C31H49N. The topological polar surface area (TPSA) is 3.24 Å². The molecule has 0 bridgehead atoms. The van der Waals surface area contributed by atoms with Crippen LogP contribution in [-0.2, 0) is 21.7 Å². The summed E-state index contributed by atoms with van der Waals surface area (Å²) >= 11 is 0. The monoisotopic (exact) mass is 435 g/mol. The fraction of sp³-hybridized carbons (Fsp3) is 0.613. The molecule has 0 N–H and O–H groups in total. The molecule has 0 spiro atoms. The summed E-state index contributed by atoms with van der Waals surface area (Å²) in [4.78, 5) is 2.54. The van der Waals surface area contributed by atoms with Crippen LogP contribution in [0, 0.1) is 0 Å². The molecule has 0 heterocycles. The number of rotatable bonds is 3. The lowest BCUT2D eigenvalue weighted by molar-refractivity contribution is 0.566. The maximum Gasteiger partial charge on any atom is 0.0419 e. The molecule has 2 rings (SSSR count). The summed E-state index contributed by atoms with van der Waals surface area (Å²) in [6.07, 6.45) is 0. The quantitative estimate of drug-likeness (QED) is 0.464. The fourth-order valence-corrected chi connectivity index (χ4v) is 3.98. The Morgan fingerprint density at radius 1 is 0.438 bits per heavy atom. The predicted molar refractivity (Wildman–Crippen MR) is 145 cm³/mol. The van der Waals surface area contributed by atoms with Gasteiger partial charge in [-0.25, -0.2) is 0 Å². The Hall–Kier alpha value is -1.76. The largest absolute Gasteiger partial charge is 0.339 e. The lowest BCUT2D eigenvalue weighted by Gasteiger charge is -2.35. The average Bonchev–Trinajstić information content (AvgIpc) is 2.58. The molecule has 2 aromatic carbocycles. The first-order valence-corrected chi connectivity index (χ1v) is 12.3. The number of hydrogen-bond donors (Lipinski definition) is 0. The van der Waals surface area contributed by atoms with Crippen molar-refractivity contribution < 1.29 is 0 Å². The summed E-state index contributed by atoms with van der Waals surface area (Å²) in [5, 5.41) is 0. The molecule has 0 aromatic heterocycles. The minimum absolute atomic E-state index is 0.0997. The van der Waals surface area contributed by atoms with Crippen LogP contribution in [0.2, 0.25) is 0 Å². The summed E-state index contributed by atoms with van der Waals surface area (Å²) in [7, 11) is 0. The van der Waals surface area contributed by atoms with Gasteiger partial charge in [-0.1, -0.05) is 95.2 Å². The SMILES string of the molecule is CC(C)N(c1cc(C(C)(C)C)cc(C(C)(C)C)c1)c1cc(C(C)(C)C)cc(C(C)(C)C)c1.